The quantitative estimate of drug-likeness (QED) is 0.397. The van der Waals surface area contributed by atoms with E-state index in [0.29, 0.717) is 17.3 Å². The van der Waals surface area contributed by atoms with Gasteiger partial charge < -0.3 is 9.64 Å². The third-order valence-electron chi connectivity index (χ3n) is 7.19. The third kappa shape index (κ3) is 4.43. The third-order valence-corrected chi connectivity index (χ3v) is 7.19. The maximum Gasteiger partial charge on any atom is 0.197 e. The summed E-state index contributed by atoms with van der Waals surface area (Å²) in [4.78, 5) is 11.8. The van der Waals surface area contributed by atoms with Crippen molar-refractivity contribution in [1.29, 1.82) is 0 Å². The van der Waals surface area contributed by atoms with Crippen molar-refractivity contribution in [2.75, 3.05) is 26.7 Å². The first-order chi connectivity index (χ1) is 17.0. The smallest absolute Gasteiger partial charge is 0.197 e. The molecule has 0 aliphatic carbocycles. The van der Waals surface area contributed by atoms with Gasteiger partial charge in [0.2, 0.25) is 0 Å². The molecule has 1 aliphatic heterocycles. The van der Waals surface area contributed by atoms with Crippen molar-refractivity contribution in [2.45, 2.75) is 58.8 Å². The topological polar surface area (TPSA) is 84.2 Å². The highest BCUT2D eigenvalue weighted by molar-refractivity contribution is 5.75. The largest absolute Gasteiger partial charge is 0.493 e. The van der Waals surface area contributed by atoms with Gasteiger partial charge in [-0.25, -0.2) is 9.50 Å². The lowest BCUT2D eigenvalue weighted by atomic mass is 9.87. The normalized spacial score (nSPS) is 15.4. The highest BCUT2D eigenvalue weighted by Gasteiger charge is 2.24. The average Bonchev–Trinajstić information content (AvgIpc) is 3.51. The van der Waals surface area contributed by atoms with Gasteiger partial charge in [-0.05, 0) is 80.9 Å². The summed E-state index contributed by atoms with van der Waals surface area (Å²) in [6, 6.07) is 4.20. The number of rotatable bonds is 7. The molecule has 5 heterocycles. The van der Waals surface area contributed by atoms with Crippen molar-refractivity contribution < 1.29 is 4.74 Å². The molecule has 8 heteroatoms. The van der Waals surface area contributed by atoms with Crippen molar-refractivity contribution in [2.24, 2.45) is 0 Å². The van der Waals surface area contributed by atoms with Gasteiger partial charge in [-0.3, -0.25) is 10.1 Å². The van der Waals surface area contributed by atoms with Gasteiger partial charge in [0, 0.05) is 23.5 Å². The van der Waals surface area contributed by atoms with Gasteiger partial charge in [-0.2, -0.15) is 10.2 Å². The van der Waals surface area contributed by atoms with Crippen LogP contribution >= 0.6 is 0 Å². The van der Waals surface area contributed by atoms with E-state index >= 15 is 0 Å². The molecule has 0 bridgehead atoms. The maximum absolute atomic E-state index is 5.57. The van der Waals surface area contributed by atoms with Crippen LogP contribution in [0.15, 0.2) is 30.9 Å². The molecule has 1 N–H and O–H groups in total. The van der Waals surface area contributed by atoms with Gasteiger partial charge in [-0.1, -0.05) is 20.8 Å². The molecule has 1 saturated heterocycles. The van der Waals surface area contributed by atoms with Crippen LogP contribution in [0.1, 0.15) is 68.6 Å². The molecular weight excluding hydrogens is 438 g/mol. The molecular formula is C27H35N7O. The molecule has 8 nitrogen and oxygen atoms in total. The highest BCUT2D eigenvalue weighted by atomic mass is 16.5. The van der Waals surface area contributed by atoms with E-state index in [0.717, 1.165) is 28.2 Å². The van der Waals surface area contributed by atoms with E-state index in [9.17, 15) is 0 Å². The first kappa shape index (κ1) is 23.5. The van der Waals surface area contributed by atoms with E-state index in [1.54, 1.807) is 11.6 Å². The molecule has 35 heavy (non-hydrogen) atoms. The minimum atomic E-state index is 0.251. The summed E-state index contributed by atoms with van der Waals surface area (Å²) in [6.45, 7) is 12.4. The van der Waals surface area contributed by atoms with Gasteiger partial charge in [-0.15, -0.1) is 0 Å². The lowest BCUT2D eigenvalue weighted by Gasteiger charge is -2.32. The summed E-state index contributed by atoms with van der Waals surface area (Å²) in [5.74, 6) is 1.51. The Labute approximate surface area is 206 Å². The van der Waals surface area contributed by atoms with Crippen LogP contribution in [0.25, 0.3) is 28.3 Å². The number of nitrogens with one attached hydrogen (secondary N) is 1. The summed E-state index contributed by atoms with van der Waals surface area (Å²) in [5.41, 5.74) is 8.23. The van der Waals surface area contributed by atoms with Crippen LogP contribution in [0.3, 0.4) is 0 Å². The second kappa shape index (κ2) is 9.77. The molecule has 1 aliphatic rings. The van der Waals surface area contributed by atoms with Crippen molar-refractivity contribution >= 4 is 5.65 Å². The van der Waals surface area contributed by atoms with E-state index in [-0.39, 0.29) is 5.92 Å². The molecule has 0 aromatic carbocycles. The number of hydrogen-bond donors (Lipinski definition) is 1. The van der Waals surface area contributed by atoms with Crippen LogP contribution in [0.4, 0.5) is 0 Å². The SMILES string of the molecule is CCCN1CCC(c2cnc(-c3n[nH]c(-c4cc(OC)c5ncnn5c4)c3C(C)C)cc2C)CC1. The van der Waals surface area contributed by atoms with Crippen molar-refractivity contribution in [3.05, 3.63) is 47.5 Å². The molecule has 0 atom stereocenters. The molecule has 5 rings (SSSR count). The zero-order chi connectivity index (χ0) is 24.5. The summed E-state index contributed by atoms with van der Waals surface area (Å²) < 4.78 is 7.31. The monoisotopic (exact) mass is 473 g/mol. The Morgan fingerprint density at radius 3 is 2.66 bits per heavy atom. The second-order valence-electron chi connectivity index (χ2n) is 9.88. The molecule has 0 spiro atoms. The van der Waals surface area contributed by atoms with E-state index < -0.39 is 0 Å². The Bertz CT molecular complexity index is 1310. The van der Waals surface area contributed by atoms with E-state index in [1.807, 2.05) is 12.3 Å². The number of piperidine rings is 1. The number of methoxy groups -OCH3 is 1. The standard InChI is InChI=1S/C27H35N7O/c1-6-9-33-10-7-19(8-11-33)21-14-28-22(12-18(21)4)26-24(17(2)3)25(31-32-26)20-13-23(35-5)27-29-16-30-34(27)15-20/h12-17,19H,6-11H2,1-5H3,(H,31,32). The fourth-order valence-corrected chi connectivity index (χ4v) is 5.42. The van der Waals surface area contributed by atoms with E-state index in [1.165, 1.54) is 56.4 Å². The Morgan fingerprint density at radius 1 is 1.17 bits per heavy atom. The molecule has 4 aromatic heterocycles. The number of ether oxygens (including phenoxy) is 1. The van der Waals surface area contributed by atoms with Crippen LogP contribution in [-0.4, -0.2) is 61.4 Å². The Hall–Kier alpha value is -3.26. The van der Waals surface area contributed by atoms with Gasteiger partial charge in [0.25, 0.3) is 0 Å². The van der Waals surface area contributed by atoms with Crippen LogP contribution < -0.4 is 4.74 Å². The lowest BCUT2D eigenvalue weighted by Crippen LogP contribution is -2.33. The first-order valence-electron chi connectivity index (χ1n) is 12.6. The van der Waals surface area contributed by atoms with Crippen molar-refractivity contribution in [3.63, 3.8) is 0 Å². The minimum absolute atomic E-state index is 0.251. The lowest BCUT2D eigenvalue weighted by molar-refractivity contribution is 0.212. The predicted octanol–water partition coefficient (Wildman–Crippen LogP) is 5.21. The molecule has 0 radical (unpaired) electrons. The fourth-order valence-electron chi connectivity index (χ4n) is 5.42. The molecule has 4 aromatic rings. The summed E-state index contributed by atoms with van der Waals surface area (Å²) in [6.07, 6.45) is 9.22. The summed E-state index contributed by atoms with van der Waals surface area (Å²) in [5, 5.41) is 12.3. The predicted molar refractivity (Wildman–Crippen MR) is 138 cm³/mol. The number of aromatic nitrogens is 6. The second-order valence-corrected chi connectivity index (χ2v) is 9.88. The number of hydrogen-bond acceptors (Lipinski definition) is 6. The molecule has 0 unspecified atom stereocenters. The van der Waals surface area contributed by atoms with Crippen LogP contribution in [0.5, 0.6) is 5.75 Å². The summed E-state index contributed by atoms with van der Waals surface area (Å²) >= 11 is 0. The number of fused-ring (bicyclic) bond motifs is 1. The van der Waals surface area contributed by atoms with Crippen LogP contribution in [0, 0.1) is 6.92 Å². The van der Waals surface area contributed by atoms with Gasteiger partial charge >= 0.3 is 0 Å². The molecule has 1 fully saturated rings. The molecule has 184 valence electrons. The van der Waals surface area contributed by atoms with Crippen molar-refractivity contribution in [3.8, 4) is 28.4 Å². The zero-order valence-electron chi connectivity index (χ0n) is 21.4. The van der Waals surface area contributed by atoms with Crippen molar-refractivity contribution in [1.82, 2.24) is 34.7 Å². The number of likely N-dealkylation sites (tertiary alicyclic amines) is 1. The number of aromatic amines is 1. The first-order valence-corrected chi connectivity index (χ1v) is 12.6. The number of nitrogens with zero attached hydrogens (tertiary/aromatic N) is 6. The Balaban J connectivity index is 1.48. The van der Waals surface area contributed by atoms with Crippen LogP contribution in [0.2, 0.25) is 0 Å². The Kier molecular flexibility index (Phi) is 6.56. The average molecular weight is 474 g/mol. The zero-order valence-corrected chi connectivity index (χ0v) is 21.4. The fraction of sp³-hybridized carbons (Fsp3) is 0.481. The Morgan fingerprint density at radius 2 is 1.97 bits per heavy atom. The highest BCUT2D eigenvalue weighted by Crippen LogP contribution is 2.38. The number of aryl methyl sites for hydroxylation is 1. The van der Waals surface area contributed by atoms with Gasteiger partial charge in [0.05, 0.1) is 18.5 Å². The molecule has 0 amide bonds. The number of H-pyrrole nitrogens is 1. The van der Waals surface area contributed by atoms with E-state index in [4.69, 9.17) is 14.8 Å². The van der Waals surface area contributed by atoms with Crippen LogP contribution in [-0.2, 0) is 0 Å². The molecule has 0 saturated carbocycles. The number of pyridine rings is 2. The summed E-state index contributed by atoms with van der Waals surface area (Å²) in [7, 11) is 1.65. The van der Waals surface area contributed by atoms with Gasteiger partial charge in [0.15, 0.2) is 11.4 Å². The maximum atomic E-state index is 5.57. The van der Waals surface area contributed by atoms with E-state index in [2.05, 4.69) is 60.0 Å². The van der Waals surface area contributed by atoms with Gasteiger partial charge in [0.1, 0.15) is 12.0 Å². The minimum Gasteiger partial charge on any atom is -0.493 e.